The van der Waals surface area contributed by atoms with Crippen molar-refractivity contribution in [3.8, 4) is 0 Å². The molecule has 4 atom stereocenters. The lowest BCUT2D eigenvalue weighted by Crippen LogP contribution is -2.57. The van der Waals surface area contributed by atoms with Crippen LogP contribution in [0.1, 0.15) is 36.9 Å². The number of nitrogens with two attached hydrogens (primary N) is 2. The molecular weight excluding hydrogens is 522 g/mol. The van der Waals surface area contributed by atoms with Gasteiger partial charge in [-0.3, -0.25) is 14.4 Å². The van der Waals surface area contributed by atoms with Crippen LogP contribution in [-0.4, -0.2) is 81.5 Å². The van der Waals surface area contributed by atoms with Crippen molar-refractivity contribution < 1.29 is 24.3 Å². The third-order valence-electron chi connectivity index (χ3n) is 6.05. The zero-order valence-corrected chi connectivity index (χ0v) is 22.9. The van der Waals surface area contributed by atoms with E-state index in [-0.39, 0.29) is 12.8 Å². The largest absolute Gasteiger partial charge is 0.480 e. The van der Waals surface area contributed by atoms with Gasteiger partial charge in [-0.25, -0.2) is 9.78 Å². The first-order valence-electron chi connectivity index (χ1n) is 12.8. The smallest absolute Gasteiger partial charge is 0.326 e. The van der Waals surface area contributed by atoms with Gasteiger partial charge >= 0.3 is 5.97 Å². The van der Waals surface area contributed by atoms with Crippen LogP contribution in [0.2, 0.25) is 0 Å². The Morgan fingerprint density at radius 2 is 1.59 bits per heavy atom. The number of carbonyl (C=O) groups is 4. The van der Waals surface area contributed by atoms with Crippen LogP contribution in [0.15, 0.2) is 42.9 Å². The number of hydrogen-bond acceptors (Lipinski definition) is 8. The molecule has 12 nitrogen and oxygen atoms in total. The summed E-state index contributed by atoms with van der Waals surface area (Å²) in [5.41, 5.74) is 13.1. The Morgan fingerprint density at radius 1 is 0.949 bits per heavy atom. The maximum atomic E-state index is 13.3. The van der Waals surface area contributed by atoms with Crippen LogP contribution in [0.4, 0.5) is 0 Å². The summed E-state index contributed by atoms with van der Waals surface area (Å²) in [6, 6.07) is 5.29. The highest BCUT2D eigenvalue weighted by molar-refractivity contribution is 7.98. The third-order valence-corrected chi connectivity index (χ3v) is 6.70. The molecule has 0 bridgehead atoms. The minimum atomic E-state index is -1.23. The van der Waals surface area contributed by atoms with Crippen molar-refractivity contribution in [2.45, 2.75) is 62.7 Å². The average molecular weight is 562 g/mol. The van der Waals surface area contributed by atoms with E-state index < -0.39 is 47.9 Å². The molecule has 1 aromatic carbocycles. The number of nitrogens with zero attached hydrogens (tertiary/aromatic N) is 1. The summed E-state index contributed by atoms with van der Waals surface area (Å²) in [6.45, 7) is 0.408. The molecule has 1 heterocycles. The van der Waals surface area contributed by atoms with Crippen molar-refractivity contribution in [2.75, 3.05) is 18.6 Å². The van der Waals surface area contributed by atoms with Gasteiger partial charge in [-0.15, -0.1) is 0 Å². The molecule has 0 saturated heterocycles. The highest BCUT2D eigenvalue weighted by Crippen LogP contribution is 2.08. The normalized spacial score (nSPS) is 14.0. The van der Waals surface area contributed by atoms with Crippen LogP contribution in [0.3, 0.4) is 0 Å². The Hall–Kier alpha value is -3.42. The van der Waals surface area contributed by atoms with E-state index in [0.717, 1.165) is 5.56 Å². The Bertz CT molecular complexity index is 1040. The van der Waals surface area contributed by atoms with Gasteiger partial charge in [0.2, 0.25) is 17.7 Å². The van der Waals surface area contributed by atoms with E-state index in [1.807, 2.05) is 36.6 Å². The number of aromatic nitrogens is 2. The molecule has 0 aliphatic rings. The second-order valence-corrected chi connectivity index (χ2v) is 10.2. The van der Waals surface area contributed by atoms with Gasteiger partial charge in [0.15, 0.2) is 0 Å². The molecule has 0 spiro atoms. The van der Waals surface area contributed by atoms with Gasteiger partial charge in [0.05, 0.1) is 12.4 Å². The van der Waals surface area contributed by atoms with Crippen LogP contribution in [0, 0.1) is 0 Å². The molecule has 0 aliphatic carbocycles. The summed E-state index contributed by atoms with van der Waals surface area (Å²) in [5, 5.41) is 17.6. The number of carbonyl (C=O) groups excluding carboxylic acids is 3. The van der Waals surface area contributed by atoms with E-state index in [0.29, 0.717) is 43.7 Å². The molecular formula is C26H39N7O5S. The zero-order chi connectivity index (χ0) is 28.6. The van der Waals surface area contributed by atoms with Gasteiger partial charge in [0, 0.05) is 18.3 Å². The first-order valence-corrected chi connectivity index (χ1v) is 14.2. The number of amides is 3. The molecule has 0 radical (unpaired) electrons. The number of carboxylic acids is 1. The van der Waals surface area contributed by atoms with Crippen LogP contribution < -0.4 is 27.4 Å². The van der Waals surface area contributed by atoms with E-state index in [4.69, 9.17) is 11.5 Å². The number of hydrogen-bond donors (Lipinski definition) is 7. The number of carboxylic acid groups (broad SMARTS) is 1. The van der Waals surface area contributed by atoms with Crippen molar-refractivity contribution >= 4 is 35.5 Å². The van der Waals surface area contributed by atoms with Gasteiger partial charge in [-0.2, -0.15) is 11.8 Å². The van der Waals surface area contributed by atoms with Crippen molar-refractivity contribution in [1.82, 2.24) is 25.9 Å². The molecule has 0 saturated carbocycles. The van der Waals surface area contributed by atoms with E-state index in [1.165, 1.54) is 24.3 Å². The van der Waals surface area contributed by atoms with E-state index >= 15 is 0 Å². The SMILES string of the molecule is CSCCC(NC(=O)C(N)Cc1ccccc1)C(=O)NC(CCCCN)C(=O)NC(Cc1cnc[nH]1)C(=O)O. The predicted molar refractivity (Wildman–Crippen MR) is 150 cm³/mol. The molecule has 0 aliphatic heterocycles. The molecule has 4 unspecified atom stereocenters. The van der Waals surface area contributed by atoms with E-state index in [9.17, 15) is 24.3 Å². The number of aliphatic carboxylic acids is 1. The maximum absolute atomic E-state index is 13.3. The summed E-state index contributed by atoms with van der Waals surface area (Å²) >= 11 is 1.51. The molecule has 2 rings (SSSR count). The molecule has 9 N–H and O–H groups in total. The first kappa shape index (κ1) is 31.8. The fourth-order valence-electron chi connectivity index (χ4n) is 3.87. The van der Waals surface area contributed by atoms with Crippen LogP contribution in [-0.2, 0) is 32.0 Å². The monoisotopic (exact) mass is 561 g/mol. The number of thioether (sulfide) groups is 1. The Kier molecular flexibility index (Phi) is 14.0. The number of aromatic amines is 1. The minimum absolute atomic E-state index is 0.00372. The van der Waals surface area contributed by atoms with E-state index in [1.54, 1.807) is 0 Å². The first-order chi connectivity index (χ1) is 18.7. The maximum Gasteiger partial charge on any atom is 0.326 e. The van der Waals surface area contributed by atoms with Crippen LogP contribution in [0.5, 0.6) is 0 Å². The van der Waals surface area contributed by atoms with Gasteiger partial charge in [0.1, 0.15) is 18.1 Å². The van der Waals surface area contributed by atoms with Gasteiger partial charge in [-0.05, 0) is 56.2 Å². The van der Waals surface area contributed by atoms with Crippen molar-refractivity contribution in [2.24, 2.45) is 11.5 Å². The number of imidazole rings is 1. The summed E-state index contributed by atoms with van der Waals surface area (Å²) in [6.07, 6.45) is 6.82. The Balaban J connectivity index is 2.09. The number of nitrogens with one attached hydrogen (secondary N) is 4. The molecule has 3 amide bonds. The minimum Gasteiger partial charge on any atom is -0.480 e. The van der Waals surface area contributed by atoms with Crippen molar-refractivity contribution in [1.29, 1.82) is 0 Å². The summed E-state index contributed by atoms with van der Waals surface area (Å²) in [4.78, 5) is 57.7. The third kappa shape index (κ3) is 11.5. The molecule has 39 heavy (non-hydrogen) atoms. The fraction of sp³-hybridized carbons (Fsp3) is 0.500. The lowest BCUT2D eigenvalue weighted by Gasteiger charge is -2.25. The van der Waals surface area contributed by atoms with Crippen molar-refractivity contribution in [3.63, 3.8) is 0 Å². The summed E-state index contributed by atoms with van der Waals surface area (Å²) in [7, 11) is 0. The summed E-state index contributed by atoms with van der Waals surface area (Å²) < 4.78 is 0. The van der Waals surface area contributed by atoms with Crippen molar-refractivity contribution in [3.05, 3.63) is 54.1 Å². The molecule has 13 heteroatoms. The quantitative estimate of drug-likeness (QED) is 0.122. The number of rotatable bonds is 18. The number of benzene rings is 1. The second-order valence-electron chi connectivity index (χ2n) is 9.16. The van der Waals surface area contributed by atoms with Gasteiger partial charge < -0.3 is 37.5 Å². The second kappa shape index (κ2) is 17.2. The highest BCUT2D eigenvalue weighted by Gasteiger charge is 2.30. The number of unbranched alkanes of at least 4 members (excludes halogenated alkanes) is 1. The number of H-pyrrole nitrogens is 1. The molecule has 1 aromatic heterocycles. The summed E-state index contributed by atoms with van der Waals surface area (Å²) in [5.74, 6) is -2.29. The highest BCUT2D eigenvalue weighted by atomic mass is 32.2. The molecule has 0 fully saturated rings. The molecule has 2 aromatic rings. The average Bonchev–Trinajstić information content (AvgIpc) is 3.43. The van der Waals surface area contributed by atoms with Crippen LogP contribution in [0.25, 0.3) is 0 Å². The van der Waals surface area contributed by atoms with Gasteiger partial charge in [-0.1, -0.05) is 30.3 Å². The topological polar surface area (TPSA) is 205 Å². The molecule has 214 valence electrons. The zero-order valence-electron chi connectivity index (χ0n) is 22.1. The van der Waals surface area contributed by atoms with Gasteiger partial charge in [0.25, 0.3) is 0 Å². The standard InChI is InChI=1S/C26H39N7O5S/c1-39-12-10-21(31-23(34)19(28)13-17-7-3-2-4-8-17)25(36)32-20(9-5-6-11-27)24(35)33-22(26(37)38)14-18-15-29-16-30-18/h2-4,7-8,15-16,19-22H,5-6,9-14,27-28H2,1H3,(H,29,30)(H,31,34)(H,32,36)(H,33,35)(H,37,38). The van der Waals surface area contributed by atoms with Crippen LogP contribution >= 0.6 is 11.8 Å². The fourth-order valence-corrected chi connectivity index (χ4v) is 4.34. The predicted octanol–water partition coefficient (Wildman–Crippen LogP) is -0.0567. The Labute approximate surface area is 232 Å². The Morgan fingerprint density at radius 3 is 2.18 bits per heavy atom. The lowest BCUT2D eigenvalue weighted by atomic mass is 10.0. The van der Waals surface area contributed by atoms with E-state index in [2.05, 4.69) is 25.9 Å². The lowest BCUT2D eigenvalue weighted by molar-refractivity contribution is -0.142.